The van der Waals surface area contributed by atoms with Crippen molar-refractivity contribution in [2.24, 2.45) is 5.92 Å². The Morgan fingerprint density at radius 1 is 1.44 bits per heavy atom. The molecule has 0 bridgehead atoms. The van der Waals surface area contributed by atoms with Crippen molar-refractivity contribution >= 4 is 11.6 Å². The van der Waals surface area contributed by atoms with Gasteiger partial charge >= 0.3 is 0 Å². The summed E-state index contributed by atoms with van der Waals surface area (Å²) >= 11 is 0. The summed E-state index contributed by atoms with van der Waals surface area (Å²) in [6.07, 6.45) is 1.91. The molecule has 1 amide bonds. The first-order chi connectivity index (χ1) is 8.59. The van der Waals surface area contributed by atoms with Crippen molar-refractivity contribution in [1.29, 1.82) is 0 Å². The predicted molar refractivity (Wildman–Crippen MR) is 70.0 cm³/mol. The summed E-state index contributed by atoms with van der Waals surface area (Å²) in [6, 6.07) is 6.16. The third-order valence-electron chi connectivity index (χ3n) is 3.51. The highest BCUT2D eigenvalue weighted by Gasteiger charge is 2.28. The number of carbonyl (C=O) groups is 1. The number of rotatable bonds is 2. The van der Waals surface area contributed by atoms with Gasteiger partial charge in [-0.15, -0.1) is 0 Å². The van der Waals surface area contributed by atoms with Gasteiger partial charge in [-0.1, -0.05) is 19.1 Å². The number of nitrogens with one attached hydrogen (secondary N) is 1. The minimum absolute atomic E-state index is 0.0633. The lowest BCUT2D eigenvalue weighted by Gasteiger charge is -2.30. The molecule has 1 aromatic rings. The van der Waals surface area contributed by atoms with Crippen LogP contribution in [-0.2, 0) is 4.79 Å². The fourth-order valence-corrected chi connectivity index (χ4v) is 2.37. The molecule has 1 saturated heterocycles. The average Bonchev–Trinajstić information content (AvgIpc) is 2.37. The zero-order valence-electron chi connectivity index (χ0n) is 10.8. The molecule has 1 aliphatic rings. The summed E-state index contributed by atoms with van der Waals surface area (Å²) in [5.74, 6) is 0.109. The molecule has 2 unspecified atom stereocenters. The van der Waals surface area contributed by atoms with Crippen LogP contribution in [0.1, 0.15) is 19.8 Å². The van der Waals surface area contributed by atoms with Crippen LogP contribution < -0.4 is 10.2 Å². The van der Waals surface area contributed by atoms with Gasteiger partial charge < -0.3 is 10.2 Å². The van der Waals surface area contributed by atoms with Gasteiger partial charge in [-0.3, -0.25) is 4.79 Å². The Kier molecular flexibility index (Phi) is 3.97. The molecular weight excluding hydrogens is 231 g/mol. The number of halogens is 1. The molecule has 1 heterocycles. The van der Waals surface area contributed by atoms with Crippen molar-refractivity contribution < 1.29 is 9.18 Å². The second-order valence-corrected chi connectivity index (χ2v) is 4.98. The first kappa shape index (κ1) is 13.0. The van der Waals surface area contributed by atoms with E-state index in [1.54, 1.807) is 25.2 Å². The smallest absolute Gasteiger partial charge is 0.243 e. The summed E-state index contributed by atoms with van der Waals surface area (Å²) in [5, 5.41) is 3.21. The molecule has 2 atom stereocenters. The van der Waals surface area contributed by atoms with Crippen molar-refractivity contribution in [3.05, 3.63) is 30.1 Å². The molecule has 0 aliphatic carbocycles. The van der Waals surface area contributed by atoms with Gasteiger partial charge in [0.1, 0.15) is 5.82 Å². The fraction of sp³-hybridized carbons (Fsp3) is 0.500. The Morgan fingerprint density at radius 2 is 2.17 bits per heavy atom. The average molecular weight is 250 g/mol. The zero-order valence-corrected chi connectivity index (χ0v) is 10.8. The number of hydrogen-bond acceptors (Lipinski definition) is 2. The van der Waals surface area contributed by atoms with E-state index in [1.807, 2.05) is 0 Å². The van der Waals surface area contributed by atoms with Crippen LogP contribution in [0.5, 0.6) is 0 Å². The molecular formula is C14H19FN2O. The third kappa shape index (κ3) is 2.70. The number of nitrogens with zero attached hydrogens (tertiary/aromatic N) is 1. The molecule has 1 N–H and O–H groups in total. The van der Waals surface area contributed by atoms with E-state index in [-0.39, 0.29) is 17.8 Å². The minimum Gasteiger partial charge on any atom is -0.311 e. The maximum absolute atomic E-state index is 13.6. The van der Waals surface area contributed by atoms with E-state index in [9.17, 15) is 9.18 Å². The van der Waals surface area contributed by atoms with Crippen LogP contribution in [-0.4, -0.2) is 25.5 Å². The SMILES string of the molecule is CC1CCNC(C(=O)N(C)c2ccccc2F)C1. The molecule has 1 fully saturated rings. The van der Waals surface area contributed by atoms with Crippen LogP contribution in [0.25, 0.3) is 0 Å². The Morgan fingerprint density at radius 3 is 2.83 bits per heavy atom. The summed E-state index contributed by atoms with van der Waals surface area (Å²) < 4.78 is 13.6. The van der Waals surface area contributed by atoms with Gasteiger partial charge in [-0.2, -0.15) is 0 Å². The van der Waals surface area contributed by atoms with Crippen LogP contribution >= 0.6 is 0 Å². The fourth-order valence-electron chi connectivity index (χ4n) is 2.37. The molecule has 0 radical (unpaired) electrons. The first-order valence-electron chi connectivity index (χ1n) is 6.35. The van der Waals surface area contributed by atoms with E-state index in [0.29, 0.717) is 11.6 Å². The molecule has 2 rings (SSSR count). The quantitative estimate of drug-likeness (QED) is 0.872. The minimum atomic E-state index is -0.364. The van der Waals surface area contributed by atoms with Crippen molar-refractivity contribution in [2.45, 2.75) is 25.8 Å². The summed E-state index contributed by atoms with van der Waals surface area (Å²) in [4.78, 5) is 13.7. The molecule has 0 saturated carbocycles. The predicted octanol–water partition coefficient (Wildman–Crippen LogP) is 2.18. The number of piperidine rings is 1. The van der Waals surface area contributed by atoms with E-state index >= 15 is 0 Å². The highest BCUT2D eigenvalue weighted by atomic mass is 19.1. The van der Waals surface area contributed by atoms with E-state index in [2.05, 4.69) is 12.2 Å². The molecule has 18 heavy (non-hydrogen) atoms. The van der Waals surface area contributed by atoms with Crippen LogP contribution in [0, 0.1) is 11.7 Å². The second-order valence-electron chi connectivity index (χ2n) is 4.98. The summed E-state index contributed by atoms with van der Waals surface area (Å²) in [6.45, 7) is 2.99. The topological polar surface area (TPSA) is 32.3 Å². The van der Waals surface area contributed by atoms with Crippen LogP contribution in [0.3, 0.4) is 0 Å². The molecule has 98 valence electrons. The Bertz CT molecular complexity index is 436. The van der Waals surface area contributed by atoms with Crippen LogP contribution in [0.15, 0.2) is 24.3 Å². The monoisotopic (exact) mass is 250 g/mol. The van der Waals surface area contributed by atoms with Crippen molar-refractivity contribution in [1.82, 2.24) is 5.32 Å². The van der Waals surface area contributed by atoms with Gasteiger partial charge in [0.2, 0.25) is 5.91 Å². The molecule has 1 aromatic carbocycles. The number of benzene rings is 1. The largest absolute Gasteiger partial charge is 0.311 e. The van der Waals surface area contributed by atoms with Gasteiger partial charge in [-0.25, -0.2) is 4.39 Å². The summed E-state index contributed by atoms with van der Waals surface area (Å²) in [7, 11) is 1.63. The Balaban J connectivity index is 2.11. The lowest BCUT2D eigenvalue weighted by atomic mass is 9.93. The van der Waals surface area contributed by atoms with Crippen molar-refractivity contribution in [3.63, 3.8) is 0 Å². The van der Waals surface area contributed by atoms with Gasteiger partial charge in [-0.05, 0) is 37.4 Å². The maximum atomic E-state index is 13.6. The zero-order chi connectivity index (χ0) is 13.1. The summed E-state index contributed by atoms with van der Waals surface area (Å²) in [5.41, 5.74) is 0.336. The Labute approximate surface area is 107 Å². The normalized spacial score (nSPS) is 23.7. The molecule has 0 aromatic heterocycles. The molecule has 4 heteroatoms. The Hall–Kier alpha value is -1.42. The number of hydrogen-bond donors (Lipinski definition) is 1. The molecule has 1 aliphatic heterocycles. The lowest BCUT2D eigenvalue weighted by molar-refractivity contribution is -0.121. The van der Waals surface area contributed by atoms with Crippen molar-refractivity contribution in [2.75, 3.05) is 18.5 Å². The van der Waals surface area contributed by atoms with E-state index in [0.717, 1.165) is 19.4 Å². The van der Waals surface area contributed by atoms with E-state index < -0.39 is 0 Å². The lowest BCUT2D eigenvalue weighted by Crippen LogP contribution is -2.49. The highest BCUT2D eigenvalue weighted by Crippen LogP contribution is 2.21. The van der Waals surface area contributed by atoms with Gasteiger partial charge in [0.15, 0.2) is 0 Å². The molecule has 0 spiro atoms. The van der Waals surface area contributed by atoms with Crippen molar-refractivity contribution in [3.8, 4) is 0 Å². The van der Waals surface area contributed by atoms with E-state index in [1.165, 1.54) is 11.0 Å². The highest BCUT2D eigenvalue weighted by molar-refractivity contribution is 5.96. The van der Waals surface area contributed by atoms with Gasteiger partial charge in [0.25, 0.3) is 0 Å². The van der Waals surface area contributed by atoms with Gasteiger partial charge in [0, 0.05) is 7.05 Å². The standard InChI is InChI=1S/C14H19FN2O/c1-10-7-8-16-12(9-10)14(18)17(2)13-6-4-3-5-11(13)15/h3-6,10,12,16H,7-9H2,1-2H3. The van der Waals surface area contributed by atoms with Crippen LogP contribution in [0.2, 0.25) is 0 Å². The first-order valence-corrected chi connectivity index (χ1v) is 6.35. The second kappa shape index (κ2) is 5.48. The van der Waals surface area contributed by atoms with Crippen LogP contribution in [0.4, 0.5) is 10.1 Å². The number of anilines is 1. The van der Waals surface area contributed by atoms with E-state index in [4.69, 9.17) is 0 Å². The number of carbonyl (C=O) groups excluding carboxylic acids is 1. The number of likely N-dealkylation sites (N-methyl/N-ethyl adjacent to an activating group) is 1. The third-order valence-corrected chi connectivity index (χ3v) is 3.51. The molecule has 3 nitrogen and oxygen atoms in total. The van der Waals surface area contributed by atoms with Gasteiger partial charge in [0.05, 0.1) is 11.7 Å². The number of para-hydroxylation sites is 1. The number of amides is 1. The maximum Gasteiger partial charge on any atom is 0.243 e.